The molecule has 0 radical (unpaired) electrons. The molecule has 1 saturated carbocycles. The zero-order chi connectivity index (χ0) is 14.7. The molecule has 0 spiro atoms. The third-order valence-corrected chi connectivity index (χ3v) is 5.19. The van der Waals surface area contributed by atoms with Crippen molar-refractivity contribution in [1.29, 1.82) is 0 Å². The molecule has 20 heavy (non-hydrogen) atoms. The Balaban J connectivity index is 2.11. The van der Waals surface area contributed by atoms with Crippen LogP contribution in [0.25, 0.3) is 0 Å². The summed E-state index contributed by atoms with van der Waals surface area (Å²) < 4.78 is 13.1. The van der Waals surface area contributed by atoms with E-state index >= 15 is 0 Å². The topological polar surface area (TPSA) is 12.0 Å². The van der Waals surface area contributed by atoms with Crippen LogP contribution in [0.15, 0.2) is 18.2 Å². The van der Waals surface area contributed by atoms with E-state index in [-0.39, 0.29) is 5.82 Å². The van der Waals surface area contributed by atoms with Crippen LogP contribution in [0.4, 0.5) is 4.39 Å². The van der Waals surface area contributed by atoms with Crippen LogP contribution in [0.1, 0.15) is 38.7 Å². The molecule has 3 heteroatoms. The molecular formula is C17H25ClFN. The van der Waals surface area contributed by atoms with Crippen molar-refractivity contribution in [2.75, 3.05) is 7.05 Å². The summed E-state index contributed by atoms with van der Waals surface area (Å²) in [5.41, 5.74) is 1.07. The second-order valence-electron chi connectivity index (χ2n) is 6.41. The molecule has 1 aromatic carbocycles. The third kappa shape index (κ3) is 3.73. The maximum Gasteiger partial charge on any atom is 0.124 e. The molecule has 1 aromatic rings. The van der Waals surface area contributed by atoms with Crippen molar-refractivity contribution in [3.05, 3.63) is 34.6 Å². The first-order valence-corrected chi connectivity index (χ1v) is 8.00. The van der Waals surface area contributed by atoms with Gasteiger partial charge in [0.25, 0.3) is 0 Å². The number of nitrogens with one attached hydrogen (secondary N) is 1. The lowest BCUT2D eigenvalue weighted by atomic mass is 9.72. The molecule has 112 valence electrons. The van der Waals surface area contributed by atoms with E-state index in [1.54, 1.807) is 0 Å². The predicted molar refractivity (Wildman–Crippen MR) is 83.6 cm³/mol. The lowest BCUT2D eigenvalue weighted by molar-refractivity contribution is 0.173. The Morgan fingerprint density at radius 1 is 1.35 bits per heavy atom. The molecule has 2 rings (SSSR count). The van der Waals surface area contributed by atoms with E-state index in [1.807, 2.05) is 13.1 Å². The summed E-state index contributed by atoms with van der Waals surface area (Å²) in [6.07, 6.45) is 4.70. The van der Waals surface area contributed by atoms with Crippen LogP contribution >= 0.6 is 11.6 Å². The Morgan fingerprint density at radius 3 is 2.70 bits per heavy atom. The van der Waals surface area contributed by atoms with Crippen molar-refractivity contribution in [1.82, 2.24) is 5.32 Å². The van der Waals surface area contributed by atoms with E-state index < -0.39 is 0 Å². The van der Waals surface area contributed by atoms with Gasteiger partial charge in [-0.25, -0.2) is 4.39 Å². The smallest absolute Gasteiger partial charge is 0.124 e. The Hall–Kier alpha value is -0.600. The predicted octanol–water partition coefficient (Wildman–Crippen LogP) is 4.68. The van der Waals surface area contributed by atoms with Crippen molar-refractivity contribution in [3.8, 4) is 0 Å². The molecule has 1 fully saturated rings. The minimum Gasteiger partial charge on any atom is -0.317 e. The van der Waals surface area contributed by atoms with Crippen molar-refractivity contribution in [2.45, 2.75) is 45.6 Å². The summed E-state index contributed by atoms with van der Waals surface area (Å²) >= 11 is 6.18. The Labute approximate surface area is 126 Å². The van der Waals surface area contributed by atoms with Gasteiger partial charge in [-0.2, -0.15) is 0 Å². The highest BCUT2D eigenvalue weighted by Crippen LogP contribution is 2.36. The summed E-state index contributed by atoms with van der Waals surface area (Å²) in [5.74, 6) is 1.86. The molecule has 0 aliphatic heterocycles. The zero-order valence-electron chi connectivity index (χ0n) is 12.6. The van der Waals surface area contributed by atoms with Gasteiger partial charge in [0.05, 0.1) is 0 Å². The van der Waals surface area contributed by atoms with E-state index in [2.05, 4.69) is 19.2 Å². The van der Waals surface area contributed by atoms with Gasteiger partial charge in [-0.1, -0.05) is 31.5 Å². The highest BCUT2D eigenvalue weighted by atomic mass is 35.5. The standard InChI is InChI=1S/C17H25ClFN/c1-11(2)12-5-7-17(20-3)14(8-12)9-13-4-6-15(19)10-16(13)18/h4,6,10-12,14,17,20H,5,7-9H2,1-3H3. The number of halogens is 2. The Bertz CT molecular complexity index is 447. The minimum atomic E-state index is -0.257. The fourth-order valence-electron chi connectivity index (χ4n) is 3.48. The van der Waals surface area contributed by atoms with Gasteiger partial charge < -0.3 is 5.32 Å². The molecule has 0 aromatic heterocycles. The van der Waals surface area contributed by atoms with E-state index in [0.29, 0.717) is 17.0 Å². The van der Waals surface area contributed by atoms with Crippen molar-refractivity contribution < 1.29 is 4.39 Å². The third-order valence-electron chi connectivity index (χ3n) is 4.83. The summed E-state index contributed by atoms with van der Waals surface area (Å²) in [6, 6.07) is 5.32. The quantitative estimate of drug-likeness (QED) is 0.851. The van der Waals surface area contributed by atoms with Gasteiger partial charge >= 0.3 is 0 Å². The van der Waals surface area contributed by atoms with Crippen molar-refractivity contribution in [3.63, 3.8) is 0 Å². The Kier molecular flexibility index (Phi) is 5.45. The number of hydrogen-bond donors (Lipinski definition) is 1. The van der Waals surface area contributed by atoms with Crippen LogP contribution in [0.2, 0.25) is 5.02 Å². The summed E-state index contributed by atoms with van der Waals surface area (Å²) in [4.78, 5) is 0. The molecule has 1 nitrogen and oxygen atoms in total. The molecular weight excluding hydrogens is 273 g/mol. The van der Waals surface area contributed by atoms with Crippen molar-refractivity contribution >= 4 is 11.6 Å². The van der Waals surface area contributed by atoms with Crippen LogP contribution in [0, 0.1) is 23.6 Å². The second-order valence-corrected chi connectivity index (χ2v) is 6.82. The van der Waals surface area contributed by atoms with Gasteiger partial charge in [0.2, 0.25) is 0 Å². The lowest BCUT2D eigenvalue weighted by Crippen LogP contribution is -2.40. The average Bonchev–Trinajstić information content (AvgIpc) is 2.41. The van der Waals surface area contributed by atoms with Gasteiger partial charge in [-0.05, 0) is 68.2 Å². The highest BCUT2D eigenvalue weighted by molar-refractivity contribution is 6.31. The number of rotatable bonds is 4. The van der Waals surface area contributed by atoms with E-state index in [9.17, 15) is 4.39 Å². The molecule has 1 aliphatic carbocycles. The van der Waals surface area contributed by atoms with Crippen LogP contribution in [-0.2, 0) is 6.42 Å². The summed E-state index contributed by atoms with van der Waals surface area (Å²) in [5, 5.41) is 4.01. The molecule has 3 unspecified atom stereocenters. The lowest BCUT2D eigenvalue weighted by Gasteiger charge is -2.38. The molecule has 0 heterocycles. The van der Waals surface area contributed by atoms with Gasteiger partial charge in [0.1, 0.15) is 5.82 Å². The van der Waals surface area contributed by atoms with Gasteiger partial charge in [-0.3, -0.25) is 0 Å². The van der Waals surface area contributed by atoms with Crippen LogP contribution in [0.5, 0.6) is 0 Å². The normalized spacial score (nSPS) is 27.0. The first-order chi connectivity index (χ1) is 9.51. The highest BCUT2D eigenvalue weighted by Gasteiger charge is 2.31. The SMILES string of the molecule is CNC1CCC(C(C)C)CC1Cc1ccc(F)cc1Cl. The van der Waals surface area contributed by atoms with Crippen LogP contribution in [-0.4, -0.2) is 13.1 Å². The van der Waals surface area contributed by atoms with Crippen LogP contribution in [0.3, 0.4) is 0 Å². The maximum atomic E-state index is 13.1. The minimum absolute atomic E-state index is 0.257. The molecule has 1 N–H and O–H groups in total. The molecule has 0 saturated heterocycles. The monoisotopic (exact) mass is 297 g/mol. The largest absolute Gasteiger partial charge is 0.317 e. The first-order valence-electron chi connectivity index (χ1n) is 7.62. The molecule has 0 amide bonds. The first kappa shape index (κ1) is 15.8. The molecule has 0 bridgehead atoms. The van der Waals surface area contributed by atoms with Crippen molar-refractivity contribution in [2.24, 2.45) is 17.8 Å². The maximum absolute atomic E-state index is 13.1. The number of hydrogen-bond acceptors (Lipinski definition) is 1. The summed E-state index contributed by atoms with van der Waals surface area (Å²) in [6.45, 7) is 4.62. The summed E-state index contributed by atoms with van der Waals surface area (Å²) in [7, 11) is 2.04. The zero-order valence-corrected chi connectivity index (χ0v) is 13.4. The van der Waals surface area contributed by atoms with Gasteiger partial charge in [-0.15, -0.1) is 0 Å². The second kappa shape index (κ2) is 6.91. The molecule has 3 atom stereocenters. The van der Waals surface area contributed by atoms with E-state index in [4.69, 9.17) is 11.6 Å². The van der Waals surface area contributed by atoms with E-state index in [0.717, 1.165) is 23.8 Å². The fourth-order valence-corrected chi connectivity index (χ4v) is 3.73. The average molecular weight is 298 g/mol. The molecule has 1 aliphatic rings. The van der Waals surface area contributed by atoms with Crippen LogP contribution < -0.4 is 5.32 Å². The van der Waals surface area contributed by atoms with Gasteiger partial charge in [0.15, 0.2) is 0 Å². The van der Waals surface area contributed by atoms with Gasteiger partial charge in [0, 0.05) is 11.1 Å². The fraction of sp³-hybridized carbons (Fsp3) is 0.647. The van der Waals surface area contributed by atoms with E-state index in [1.165, 1.54) is 31.4 Å². The number of benzene rings is 1. The Morgan fingerprint density at radius 2 is 2.10 bits per heavy atom.